The lowest BCUT2D eigenvalue weighted by Crippen LogP contribution is -2.56. The van der Waals surface area contributed by atoms with E-state index in [-0.39, 0.29) is 28.9 Å². The van der Waals surface area contributed by atoms with Gasteiger partial charge in [-0.1, -0.05) is 13.8 Å². The van der Waals surface area contributed by atoms with Gasteiger partial charge < -0.3 is 19.1 Å². The predicted octanol–water partition coefficient (Wildman–Crippen LogP) is 1.79. The molecule has 8 nitrogen and oxygen atoms in total. The van der Waals surface area contributed by atoms with Crippen LogP contribution in [0.25, 0.3) is 0 Å². The van der Waals surface area contributed by atoms with Gasteiger partial charge in [-0.25, -0.2) is 8.42 Å². The average Bonchev–Trinajstić information content (AvgIpc) is 2.89. The van der Waals surface area contributed by atoms with Crippen LogP contribution in [-0.4, -0.2) is 63.8 Å². The van der Waals surface area contributed by atoms with Crippen LogP contribution < -0.4 is 14.2 Å². The molecule has 2 heterocycles. The number of nitrogens with zero attached hydrogens (tertiary/aromatic N) is 1. The number of benzene rings is 1. The van der Waals surface area contributed by atoms with Crippen molar-refractivity contribution in [1.82, 2.24) is 9.62 Å². The Morgan fingerprint density at radius 3 is 2.34 bits per heavy atom. The molecule has 9 heteroatoms. The largest absolute Gasteiger partial charge is 0.490 e. The third kappa shape index (κ3) is 5.21. The molecule has 3 atom stereocenters. The van der Waals surface area contributed by atoms with Gasteiger partial charge in [0.2, 0.25) is 15.9 Å². The summed E-state index contributed by atoms with van der Waals surface area (Å²) in [6.07, 6.45) is 0.553. The lowest BCUT2D eigenvalue weighted by molar-refractivity contribution is -0.145. The van der Waals surface area contributed by atoms with Crippen LogP contribution in [0.15, 0.2) is 23.1 Å². The Morgan fingerprint density at radius 2 is 1.72 bits per heavy atom. The normalized spacial score (nSPS) is 23.6. The van der Waals surface area contributed by atoms with E-state index < -0.39 is 16.1 Å². The Hall–Kier alpha value is -1.84. The van der Waals surface area contributed by atoms with E-state index in [1.165, 1.54) is 12.1 Å². The molecule has 0 aromatic heterocycles. The zero-order valence-corrected chi connectivity index (χ0v) is 18.2. The Bertz CT molecular complexity index is 831. The van der Waals surface area contributed by atoms with E-state index in [2.05, 4.69) is 4.72 Å². The molecule has 1 N–H and O–H groups in total. The smallest absolute Gasteiger partial charge is 0.241 e. The van der Waals surface area contributed by atoms with Crippen molar-refractivity contribution in [1.29, 1.82) is 0 Å². The van der Waals surface area contributed by atoms with Crippen molar-refractivity contribution in [3.8, 4) is 11.5 Å². The summed E-state index contributed by atoms with van der Waals surface area (Å²) in [5, 5.41) is 0. The zero-order valence-electron chi connectivity index (χ0n) is 17.4. The first-order chi connectivity index (χ1) is 13.7. The number of morpholine rings is 1. The minimum atomic E-state index is -3.92. The van der Waals surface area contributed by atoms with Gasteiger partial charge in [-0.15, -0.1) is 0 Å². The van der Waals surface area contributed by atoms with Crippen molar-refractivity contribution >= 4 is 15.9 Å². The van der Waals surface area contributed by atoms with Crippen LogP contribution in [0, 0.1) is 5.92 Å². The zero-order chi connectivity index (χ0) is 21.2. The summed E-state index contributed by atoms with van der Waals surface area (Å²) in [7, 11) is -3.92. The second-order valence-electron chi connectivity index (χ2n) is 8.00. The fourth-order valence-electron chi connectivity index (χ4n) is 3.57. The van der Waals surface area contributed by atoms with Gasteiger partial charge in [0.05, 0.1) is 30.3 Å². The number of carbonyl (C=O) groups is 1. The number of carbonyl (C=O) groups excluding carboxylic acids is 1. The summed E-state index contributed by atoms with van der Waals surface area (Å²) in [4.78, 5) is 14.8. The molecule has 0 spiro atoms. The average molecular weight is 427 g/mol. The highest BCUT2D eigenvalue weighted by molar-refractivity contribution is 7.89. The molecule has 29 heavy (non-hydrogen) atoms. The molecule has 1 amide bonds. The molecule has 2 aliphatic heterocycles. The maximum absolute atomic E-state index is 13.1. The molecule has 162 valence electrons. The Balaban J connectivity index is 1.80. The predicted molar refractivity (Wildman–Crippen MR) is 108 cm³/mol. The maximum Gasteiger partial charge on any atom is 0.241 e. The summed E-state index contributed by atoms with van der Waals surface area (Å²) in [5.74, 6) is 0.467. The minimum Gasteiger partial charge on any atom is -0.490 e. The van der Waals surface area contributed by atoms with Gasteiger partial charge in [-0.3, -0.25) is 4.79 Å². The van der Waals surface area contributed by atoms with Gasteiger partial charge in [0.15, 0.2) is 11.5 Å². The molecule has 0 unspecified atom stereocenters. The lowest BCUT2D eigenvalue weighted by atomic mass is 10.0. The highest BCUT2D eigenvalue weighted by atomic mass is 32.2. The van der Waals surface area contributed by atoms with Crippen LogP contribution in [0.1, 0.15) is 34.1 Å². The number of hydrogen-bond donors (Lipinski definition) is 1. The number of ether oxygens (including phenoxy) is 3. The Morgan fingerprint density at radius 1 is 1.10 bits per heavy atom. The number of fused-ring (bicyclic) bond motifs is 1. The second kappa shape index (κ2) is 8.89. The first-order valence-corrected chi connectivity index (χ1v) is 11.5. The van der Waals surface area contributed by atoms with Crippen LogP contribution in [0.5, 0.6) is 11.5 Å². The summed E-state index contributed by atoms with van der Waals surface area (Å²) in [6, 6.07) is 3.64. The molecule has 1 saturated heterocycles. The van der Waals surface area contributed by atoms with Gasteiger partial charge in [0.1, 0.15) is 6.04 Å². The van der Waals surface area contributed by atoms with E-state index >= 15 is 0 Å². The summed E-state index contributed by atoms with van der Waals surface area (Å²) < 4.78 is 45.5. The van der Waals surface area contributed by atoms with E-state index in [9.17, 15) is 13.2 Å². The number of hydrogen-bond acceptors (Lipinski definition) is 6. The first-order valence-electron chi connectivity index (χ1n) is 10.0. The quantitative estimate of drug-likeness (QED) is 0.771. The Labute approximate surface area is 172 Å². The molecule has 0 aliphatic carbocycles. The number of nitrogens with one attached hydrogen (secondary N) is 1. The number of amides is 1. The lowest BCUT2D eigenvalue weighted by Gasteiger charge is -2.38. The highest BCUT2D eigenvalue weighted by Crippen LogP contribution is 2.32. The first kappa shape index (κ1) is 21.9. The van der Waals surface area contributed by atoms with E-state index in [1.807, 2.05) is 27.7 Å². The molecule has 0 saturated carbocycles. The monoisotopic (exact) mass is 426 g/mol. The van der Waals surface area contributed by atoms with Crippen LogP contribution in [0.2, 0.25) is 0 Å². The Kier molecular flexibility index (Phi) is 6.70. The van der Waals surface area contributed by atoms with Gasteiger partial charge in [-0.05, 0) is 31.9 Å². The molecule has 0 radical (unpaired) electrons. The van der Waals surface area contributed by atoms with Crippen molar-refractivity contribution in [2.75, 3.05) is 26.3 Å². The van der Waals surface area contributed by atoms with E-state index in [0.29, 0.717) is 37.8 Å². The van der Waals surface area contributed by atoms with Gasteiger partial charge in [-0.2, -0.15) is 4.72 Å². The van der Waals surface area contributed by atoms with E-state index in [4.69, 9.17) is 14.2 Å². The summed E-state index contributed by atoms with van der Waals surface area (Å²) >= 11 is 0. The van der Waals surface area contributed by atoms with Crippen molar-refractivity contribution in [2.24, 2.45) is 5.92 Å². The summed E-state index contributed by atoms with van der Waals surface area (Å²) in [5.41, 5.74) is 0. The van der Waals surface area contributed by atoms with Crippen LogP contribution in [-0.2, 0) is 19.6 Å². The molecule has 1 aromatic carbocycles. The maximum atomic E-state index is 13.1. The van der Waals surface area contributed by atoms with Gasteiger partial charge in [0.25, 0.3) is 0 Å². The fraction of sp³-hybridized carbons (Fsp3) is 0.650. The second-order valence-corrected chi connectivity index (χ2v) is 9.72. The molecule has 1 fully saturated rings. The standard InChI is InChI=1S/C20H30N2O6S/c1-13(2)19(20(23)22-11-14(3)28-15(4)12-22)21-29(24,25)16-6-7-17-18(10-16)27-9-5-8-26-17/h6-7,10,13-15,19,21H,5,8-9,11-12H2,1-4H3/t14-,15+,19-/m1/s1. The SMILES string of the molecule is CC(C)[C@@H](NS(=O)(=O)c1ccc2c(c1)OCCCO2)C(=O)N1C[C@@H](C)O[C@@H](C)C1. The van der Waals surface area contributed by atoms with E-state index in [0.717, 1.165) is 6.42 Å². The van der Waals surface area contributed by atoms with Crippen molar-refractivity contribution in [3.63, 3.8) is 0 Å². The molecule has 2 aliphatic rings. The van der Waals surface area contributed by atoms with Gasteiger partial charge >= 0.3 is 0 Å². The molecule has 1 aromatic rings. The molecule has 0 bridgehead atoms. The summed E-state index contributed by atoms with van der Waals surface area (Å²) in [6.45, 7) is 9.33. The fourth-order valence-corrected chi connectivity index (χ4v) is 4.92. The van der Waals surface area contributed by atoms with Crippen molar-refractivity contribution in [3.05, 3.63) is 18.2 Å². The molecular formula is C20H30N2O6S. The van der Waals surface area contributed by atoms with Crippen LogP contribution in [0.4, 0.5) is 0 Å². The third-order valence-electron chi connectivity index (χ3n) is 4.98. The molecule has 3 rings (SSSR count). The van der Waals surface area contributed by atoms with E-state index in [1.54, 1.807) is 11.0 Å². The highest BCUT2D eigenvalue weighted by Gasteiger charge is 2.35. The van der Waals surface area contributed by atoms with Crippen LogP contribution in [0.3, 0.4) is 0 Å². The third-order valence-corrected chi connectivity index (χ3v) is 6.41. The number of rotatable bonds is 5. The topological polar surface area (TPSA) is 94.2 Å². The van der Waals surface area contributed by atoms with Gasteiger partial charge in [0, 0.05) is 25.6 Å². The number of sulfonamides is 1. The van der Waals surface area contributed by atoms with Crippen LogP contribution >= 0.6 is 0 Å². The molecular weight excluding hydrogens is 396 g/mol. The minimum absolute atomic E-state index is 0.0453. The van der Waals surface area contributed by atoms with Crippen molar-refractivity contribution in [2.45, 2.75) is 57.3 Å². The van der Waals surface area contributed by atoms with Crippen molar-refractivity contribution < 1.29 is 27.4 Å².